The van der Waals surface area contributed by atoms with Crippen molar-refractivity contribution in [2.45, 2.75) is 31.3 Å². The van der Waals surface area contributed by atoms with Crippen molar-refractivity contribution in [2.75, 3.05) is 7.11 Å². The average molecular weight is 323 g/mol. The lowest BCUT2D eigenvalue weighted by Crippen LogP contribution is -2.50. The van der Waals surface area contributed by atoms with Crippen molar-refractivity contribution in [1.82, 2.24) is 5.32 Å². The lowest BCUT2D eigenvalue weighted by molar-refractivity contribution is -0.149. The maximum absolute atomic E-state index is 12.5. The number of hydrogen-bond donors (Lipinski definition) is 1. The van der Waals surface area contributed by atoms with Gasteiger partial charge in [-0.25, -0.2) is 0 Å². The molecule has 0 unspecified atom stereocenters. The quantitative estimate of drug-likeness (QED) is 0.863. The Morgan fingerprint density at radius 2 is 1.96 bits per heavy atom. The molecule has 0 radical (unpaired) electrons. The van der Waals surface area contributed by atoms with E-state index in [1.807, 2.05) is 19.1 Å². The van der Waals surface area contributed by atoms with Crippen molar-refractivity contribution in [3.05, 3.63) is 48.0 Å². The molecule has 1 heterocycles. The highest BCUT2D eigenvalue weighted by Crippen LogP contribution is 2.50. The Morgan fingerprint density at radius 1 is 1.21 bits per heavy atom. The Bertz CT molecular complexity index is 830. The Kier molecular flexibility index (Phi) is 3.46. The van der Waals surface area contributed by atoms with E-state index in [2.05, 4.69) is 35.6 Å². The number of methoxy groups -OCH3 is 1. The molecule has 2 aliphatic rings. The normalized spacial score (nSPS) is 32.1. The maximum Gasteiger partial charge on any atom is 0.326 e. The number of Topliss-reactive ketones (excluding diaryl/α,β-unsaturated/α-hetero) is 1. The van der Waals surface area contributed by atoms with Crippen LogP contribution in [0.2, 0.25) is 0 Å². The van der Waals surface area contributed by atoms with Crippen molar-refractivity contribution in [1.29, 1.82) is 0 Å². The van der Waals surface area contributed by atoms with E-state index in [1.165, 1.54) is 12.5 Å². The second kappa shape index (κ2) is 5.42. The molecule has 0 amide bonds. The highest BCUT2D eigenvalue weighted by atomic mass is 16.5. The van der Waals surface area contributed by atoms with Crippen LogP contribution in [0.5, 0.6) is 0 Å². The van der Waals surface area contributed by atoms with Gasteiger partial charge in [0.1, 0.15) is 11.3 Å². The van der Waals surface area contributed by atoms with Gasteiger partial charge in [0.25, 0.3) is 0 Å². The lowest BCUT2D eigenvalue weighted by atomic mass is 9.80. The Balaban J connectivity index is 1.78. The number of nitrogens with one attached hydrogen (secondary N) is 1. The lowest BCUT2D eigenvalue weighted by Gasteiger charge is -2.27. The summed E-state index contributed by atoms with van der Waals surface area (Å²) >= 11 is 0. The standard InChI is InChI=1S/C20H21NO3/c1-20(19(23)24-2)15-9-10-16(22)17(15)18(21-20)14-8-7-12-5-3-4-6-13(12)11-14/h3-8,11,15,17-18,21H,9-10H2,1-2H3/t15-,17-,18+,20+/m1/s1. The molecule has 0 aromatic heterocycles. The molecular formula is C20H21NO3. The van der Waals surface area contributed by atoms with Crippen LogP contribution in [0.4, 0.5) is 0 Å². The Morgan fingerprint density at radius 3 is 2.71 bits per heavy atom. The molecule has 1 aliphatic heterocycles. The van der Waals surface area contributed by atoms with Crippen LogP contribution >= 0.6 is 0 Å². The van der Waals surface area contributed by atoms with Crippen LogP contribution < -0.4 is 5.32 Å². The van der Waals surface area contributed by atoms with Gasteiger partial charge in [0.05, 0.1) is 7.11 Å². The van der Waals surface area contributed by atoms with Gasteiger partial charge in [0.2, 0.25) is 0 Å². The molecule has 4 heteroatoms. The van der Waals surface area contributed by atoms with E-state index in [1.54, 1.807) is 0 Å². The molecule has 124 valence electrons. The molecule has 0 spiro atoms. The molecule has 1 N–H and O–H groups in total. The maximum atomic E-state index is 12.5. The molecule has 4 rings (SSSR count). The first-order valence-electron chi connectivity index (χ1n) is 8.42. The largest absolute Gasteiger partial charge is 0.468 e. The van der Waals surface area contributed by atoms with Crippen LogP contribution in [0.25, 0.3) is 10.8 Å². The topological polar surface area (TPSA) is 55.4 Å². The van der Waals surface area contributed by atoms with E-state index in [9.17, 15) is 9.59 Å². The summed E-state index contributed by atoms with van der Waals surface area (Å²) < 4.78 is 5.02. The summed E-state index contributed by atoms with van der Waals surface area (Å²) in [4.78, 5) is 24.9. The van der Waals surface area contributed by atoms with E-state index in [-0.39, 0.29) is 29.6 Å². The summed E-state index contributed by atoms with van der Waals surface area (Å²) in [5.41, 5.74) is 0.258. The Hall–Kier alpha value is -2.20. The minimum atomic E-state index is -0.804. The third-order valence-corrected chi connectivity index (χ3v) is 5.81. The summed E-state index contributed by atoms with van der Waals surface area (Å²) in [5.74, 6) is -0.196. The van der Waals surface area contributed by atoms with Gasteiger partial charge in [-0.15, -0.1) is 0 Å². The van der Waals surface area contributed by atoms with Gasteiger partial charge in [-0.3, -0.25) is 14.9 Å². The number of ether oxygens (including phenoxy) is 1. The van der Waals surface area contributed by atoms with E-state index >= 15 is 0 Å². The van der Waals surface area contributed by atoms with Crippen LogP contribution in [-0.4, -0.2) is 24.4 Å². The van der Waals surface area contributed by atoms with E-state index in [0.29, 0.717) is 6.42 Å². The smallest absolute Gasteiger partial charge is 0.326 e. The van der Waals surface area contributed by atoms with Gasteiger partial charge in [0, 0.05) is 18.4 Å². The highest BCUT2D eigenvalue weighted by Gasteiger charge is 2.60. The molecule has 1 saturated carbocycles. The predicted molar refractivity (Wildman–Crippen MR) is 91.5 cm³/mol. The summed E-state index contributed by atoms with van der Waals surface area (Å²) in [7, 11) is 1.41. The molecular weight excluding hydrogens is 302 g/mol. The second-order valence-corrected chi connectivity index (χ2v) is 7.06. The zero-order chi connectivity index (χ0) is 16.9. The van der Waals surface area contributed by atoms with Crippen LogP contribution in [0.1, 0.15) is 31.4 Å². The van der Waals surface area contributed by atoms with E-state index in [0.717, 1.165) is 17.4 Å². The van der Waals surface area contributed by atoms with Crippen molar-refractivity contribution >= 4 is 22.5 Å². The average Bonchev–Trinajstić information content (AvgIpc) is 3.14. The number of rotatable bonds is 2. The fourth-order valence-electron chi connectivity index (χ4n) is 4.57. The molecule has 1 aliphatic carbocycles. The van der Waals surface area contributed by atoms with Crippen LogP contribution in [0.15, 0.2) is 42.5 Å². The molecule has 4 atom stereocenters. The van der Waals surface area contributed by atoms with Crippen molar-refractivity contribution in [2.24, 2.45) is 11.8 Å². The zero-order valence-corrected chi connectivity index (χ0v) is 13.9. The molecule has 0 bridgehead atoms. The third kappa shape index (κ3) is 2.09. The van der Waals surface area contributed by atoms with Gasteiger partial charge in [-0.05, 0) is 41.7 Å². The number of hydrogen-bond acceptors (Lipinski definition) is 4. The number of ketones is 1. The number of esters is 1. The molecule has 4 nitrogen and oxygen atoms in total. The van der Waals surface area contributed by atoms with Crippen LogP contribution in [0, 0.1) is 11.8 Å². The highest BCUT2D eigenvalue weighted by molar-refractivity contribution is 5.90. The van der Waals surface area contributed by atoms with Gasteiger partial charge in [-0.2, -0.15) is 0 Å². The Labute approximate surface area is 141 Å². The summed E-state index contributed by atoms with van der Waals surface area (Å²) in [6.45, 7) is 1.87. The third-order valence-electron chi connectivity index (χ3n) is 5.81. The first-order chi connectivity index (χ1) is 11.5. The molecule has 24 heavy (non-hydrogen) atoms. The second-order valence-electron chi connectivity index (χ2n) is 7.06. The number of benzene rings is 2. The minimum Gasteiger partial charge on any atom is -0.468 e. The van der Waals surface area contributed by atoms with Crippen LogP contribution in [-0.2, 0) is 14.3 Å². The fourth-order valence-corrected chi connectivity index (χ4v) is 4.57. The first kappa shape index (κ1) is 15.3. The summed E-state index contributed by atoms with van der Waals surface area (Å²) in [5, 5.41) is 5.75. The monoisotopic (exact) mass is 323 g/mol. The van der Waals surface area contributed by atoms with Crippen molar-refractivity contribution < 1.29 is 14.3 Å². The fraction of sp³-hybridized carbons (Fsp3) is 0.400. The van der Waals surface area contributed by atoms with Crippen molar-refractivity contribution in [3.63, 3.8) is 0 Å². The van der Waals surface area contributed by atoms with E-state index in [4.69, 9.17) is 4.74 Å². The van der Waals surface area contributed by atoms with Gasteiger partial charge in [-0.1, -0.05) is 36.4 Å². The van der Waals surface area contributed by atoms with Gasteiger partial charge in [0.15, 0.2) is 0 Å². The van der Waals surface area contributed by atoms with Crippen molar-refractivity contribution in [3.8, 4) is 0 Å². The predicted octanol–water partition coefficient (Wildman–Crippen LogP) is 3.01. The SMILES string of the molecule is COC(=O)[C@@]1(C)N[C@@H](c2ccc3ccccc3c2)[C@H]2C(=O)CC[C@H]21. The van der Waals surface area contributed by atoms with Crippen LogP contribution in [0.3, 0.4) is 0 Å². The minimum absolute atomic E-state index is 0.00563. The summed E-state index contributed by atoms with van der Waals surface area (Å²) in [6.07, 6.45) is 1.29. The van der Waals surface area contributed by atoms with Gasteiger partial charge >= 0.3 is 5.97 Å². The molecule has 1 saturated heterocycles. The zero-order valence-electron chi connectivity index (χ0n) is 13.9. The summed E-state index contributed by atoms with van der Waals surface area (Å²) in [6, 6.07) is 14.3. The first-order valence-corrected chi connectivity index (χ1v) is 8.42. The number of carbonyl (C=O) groups excluding carboxylic acids is 2. The number of fused-ring (bicyclic) bond motifs is 2. The van der Waals surface area contributed by atoms with Gasteiger partial charge < -0.3 is 4.74 Å². The number of carbonyl (C=O) groups is 2. The molecule has 2 aromatic carbocycles. The van der Waals surface area contributed by atoms with E-state index < -0.39 is 5.54 Å². The molecule has 2 aromatic rings. The molecule has 2 fully saturated rings.